The number of rotatable bonds is 7. The average Bonchev–Trinajstić information content (AvgIpc) is 3.68. The van der Waals surface area contributed by atoms with Crippen molar-refractivity contribution >= 4 is 34.4 Å². The van der Waals surface area contributed by atoms with Gasteiger partial charge in [0.1, 0.15) is 6.04 Å². The number of aromatic amines is 1. The first kappa shape index (κ1) is 30.8. The van der Waals surface area contributed by atoms with Gasteiger partial charge in [-0.2, -0.15) is 0 Å². The van der Waals surface area contributed by atoms with Gasteiger partial charge in [0.15, 0.2) is 0 Å². The second-order valence-electron chi connectivity index (χ2n) is 13.1. The molecular weight excluding hydrogens is 620 g/mol. The van der Waals surface area contributed by atoms with Gasteiger partial charge in [0.05, 0.1) is 22.3 Å². The molecular formula is C37H38N8O4. The van der Waals surface area contributed by atoms with Crippen LogP contribution in [0.3, 0.4) is 0 Å². The molecule has 3 amide bonds. The molecule has 3 N–H and O–H groups in total. The molecule has 0 aliphatic carbocycles. The number of hydrogen-bond acceptors (Lipinski definition) is 7. The van der Waals surface area contributed by atoms with E-state index in [4.69, 9.17) is 0 Å². The molecule has 3 aromatic heterocycles. The highest BCUT2D eigenvalue weighted by atomic mass is 16.2. The first-order valence-electron chi connectivity index (χ1n) is 16.9. The van der Waals surface area contributed by atoms with Gasteiger partial charge in [-0.15, -0.1) is 0 Å². The van der Waals surface area contributed by atoms with Crippen LogP contribution < -0.4 is 21.2 Å². The Morgan fingerprint density at radius 2 is 1.71 bits per heavy atom. The van der Waals surface area contributed by atoms with Crippen molar-refractivity contribution in [1.29, 1.82) is 0 Å². The van der Waals surface area contributed by atoms with Gasteiger partial charge in [0.25, 0.3) is 5.91 Å². The Labute approximate surface area is 282 Å². The van der Waals surface area contributed by atoms with E-state index in [1.807, 2.05) is 30.5 Å². The number of nitrogens with one attached hydrogen (secondary N) is 3. The molecule has 5 aromatic rings. The Morgan fingerprint density at radius 3 is 2.49 bits per heavy atom. The summed E-state index contributed by atoms with van der Waals surface area (Å²) in [4.78, 5) is 62.8. The predicted octanol–water partition coefficient (Wildman–Crippen LogP) is 3.03. The molecule has 0 bridgehead atoms. The van der Waals surface area contributed by atoms with Gasteiger partial charge in [-0.25, -0.2) is 4.79 Å². The lowest BCUT2D eigenvalue weighted by atomic mass is 10.0. The molecule has 12 nitrogen and oxygen atoms in total. The summed E-state index contributed by atoms with van der Waals surface area (Å²) in [7, 11) is 1.75. The van der Waals surface area contributed by atoms with Crippen molar-refractivity contribution in [3.63, 3.8) is 0 Å². The third kappa shape index (κ3) is 5.71. The van der Waals surface area contributed by atoms with E-state index in [0.717, 1.165) is 95.9 Å². The number of aromatic nitrogens is 4. The molecule has 3 aliphatic heterocycles. The van der Waals surface area contributed by atoms with Crippen molar-refractivity contribution in [2.45, 2.75) is 31.7 Å². The lowest BCUT2D eigenvalue weighted by Crippen LogP contribution is -2.47. The minimum Gasteiger partial charge on any atom is -0.369 e. The van der Waals surface area contributed by atoms with Crippen molar-refractivity contribution in [3.05, 3.63) is 94.2 Å². The summed E-state index contributed by atoms with van der Waals surface area (Å²) in [5.74, 6) is -0.742. The number of amides is 3. The summed E-state index contributed by atoms with van der Waals surface area (Å²) in [5.41, 5.74) is 9.11. The van der Waals surface area contributed by atoms with E-state index < -0.39 is 11.9 Å². The van der Waals surface area contributed by atoms with Crippen molar-refractivity contribution < 1.29 is 14.4 Å². The molecule has 250 valence electrons. The zero-order valence-electron chi connectivity index (χ0n) is 27.4. The number of H-pyrrole nitrogens is 1. The Kier molecular flexibility index (Phi) is 7.87. The predicted molar refractivity (Wildman–Crippen MR) is 186 cm³/mol. The van der Waals surface area contributed by atoms with Gasteiger partial charge in [-0.3, -0.25) is 38.7 Å². The maximum atomic E-state index is 13.3. The van der Waals surface area contributed by atoms with E-state index in [2.05, 4.69) is 66.8 Å². The number of hydrogen-bond donors (Lipinski definition) is 3. The number of imidazole rings is 1. The summed E-state index contributed by atoms with van der Waals surface area (Å²) in [6.45, 7) is 5.19. The molecule has 3 aliphatic rings. The number of aryl methyl sites for hydroxylation is 1. The van der Waals surface area contributed by atoms with E-state index in [0.29, 0.717) is 13.0 Å². The number of para-hydroxylation sites is 1. The molecule has 2 saturated heterocycles. The number of piperidine rings is 1. The lowest BCUT2D eigenvalue weighted by molar-refractivity contribution is -0.135. The van der Waals surface area contributed by atoms with E-state index in [1.54, 1.807) is 16.2 Å². The number of nitrogens with zero attached hydrogens (tertiary/aromatic N) is 5. The van der Waals surface area contributed by atoms with E-state index in [9.17, 15) is 19.2 Å². The zero-order chi connectivity index (χ0) is 33.6. The summed E-state index contributed by atoms with van der Waals surface area (Å²) in [5, 5.41) is 5.28. The van der Waals surface area contributed by atoms with Crippen LogP contribution in [-0.2, 0) is 29.5 Å². The molecule has 2 fully saturated rings. The van der Waals surface area contributed by atoms with Gasteiger partial charge in [0, 0.05) is 93.6 Å². The molecule has 8 rings (SSSR count). The van der Waals surface area contributed by atoms with Crippen molar-refractivity contribution in [2.75, 3.05) is 44.2 Å². The quantitative estimate of drug-likeness (QED) is 0.229. The maximum Gasteiger partial charge on any atom is 0.329 e. The normalized spacial score (nSPS) is 18.4. The van der Waals surface area contributed by atoms with Gasteiger partial charge in [-0.05, 0) is 54.8 Å². The van der Waals surface area contributed by atoms with E-state index >= 15 is 0 Å². The first-order chi connectivity index (χ1) is 23.8. The second-order valence-corrected chi connectivity index (χ2v) is 13.1. The minimum atomic E-state index is -0.687. The van der Waals surface area contributed by atoms with Crippen LogP contribution >= 0.6 is 0 Å². The highest BCUT2D eigenvalue weighted by molar-refractivity contribution is 6.00. The summed E-state index contributed by atoms with van der Waals surface area (Å²) >= 11 is 0. The van der Waals surface area contributed by atoms with Gasteiger partial charge >= 0.3 is 5.69 Å². The highest BCUT2D eigenvalue weighted by Crippen LogP contribution is 2.29. The summed E-state index contributed by atoms with van der Waals surface area (Å²) < 4.78 is 3.18. The number of piperazine rings is 1. The molecule has 6 heterocycles. The van der Waals surface area contributed by atoms with Gasteiger partial charge in [0.2, 0.25) is 11.8 Å². The number of fused-ring (bicyclic) bond motifs is 2. The van der Waals surface area contributed by atoms with Crippen molar-refractivity contribution in [1.82, 2.24) is 34.6 Å². The molecule has 1 unspecified atom stereocenters. The van der Waals surface area contributed by atoms with Gasteiger partial charge in [-0.1, -0.05) is 24.3 Å². The molecule has 0 spiro atoms. The average molecular weight is 659 g/mol. The van der Waals surface area contributed by atoms with Crippen LogP contribution in [0.5, 0.6) is 0 Å². The third-order valence-electron chi connectivity index (χ3n) is 10.2. The van der Waals surface area contributed by atoms with Crippen molar-refractivity contribution in [2.24, 2.45) is 7.05 Å². The van der Waals surface area contributed by atoms with Gasteiger partial charge < -0.3 is 15.2 Å². The van der Waals surface area contributed by atoms with Crippen LogP contribution in [0.15, 0.2) is 71.7 Å². The SMILES string of the molecule is Cn1c(=O)n(C2CCC(=O)NC2=O)c2cccc(CCN3CCN(c4ccc(-c5cc(-c6cc7c([nH]6)CCNC7=O)ccn5)cc4)CC3)c21. The van der Waals surface area contributed by atoms with E-state index in [1.165, 1.54) is 5.69 Å². The summed E-state index contributed by atoms with van der Waals surface area (Å²) in [6, 6.07) is 19.7. The van der Waals surface area contributed by atoms with Crippen LogP contribution in [0.1, 0.15) is 40.5 Å². The van der Waals surface area contributed by atoms with Crippen LogP contribution in [0, 0.1) is 0 Å². The zero-order valence-corrected chi connectivity index (χ0v) is 27.4. The number of pyridine rings is 1. The first-order valence-corrected chi connectivity index (χ1v) is 16.9. The minimum absolute atomic E-state index is 0.0283. The summed E-state index contributed by atoms with van der Waals surface area (Å²) in [6.07, 6.45) is 3.94. The standard InChI is InChI=1S/C37H38N8O4/c1-42-34-24(3-2-4-31(34)45(37(42)49)32-9-10-33(46)41-36(32)48)13-16-43-17-19-44(20-18-43)26-7-5-23(6-8-26)29-21-25(11-14-38-29)30-22-27-28(40-30)12-15-39-35(27)47/h2-8,11,14,21-22,32,40H,9-10,12-13,15-20H2,1H3,(H,39,47)(H,41,46,48). The van der Waals surface area contributed by atoms with Crippen LogP contribution in [0.4, 0.5) is 5.69 Å². The monoisotopic (exact) mass is 658 g/mol. The largest absolute Gasteiger partial charge is 0.369 e. The Hall–Kier alpha value is -5.49. The topological polar surface area (TPSA) is 137 Å². The smallest absolute Gasteiger partial charge is 0.329 e. The molecule has 0 radical (unpaired) electrons. The van der Waals surface area contributed by atoms with Crippen molar-refractivity contribution in [3.8, 4) is 22.5 Å². The molecule has 49 heavy (non-hydrogen) atoms. The van der Waals surface area contributed by atoms with Crippen LogP contribution in [-0.4, -0.2) is 81.0 Å². The second kappa shape index (κ2) is 12.5. The molecule has 2 aromatic carbocycles. The number of carbonyl (C=O) groups is 3. The number of anilines is 1. The number of benzene rings is 2. The highest BCUT2D eigenvalue weighted by Gasteiger charge is 2.31. The molecule has 0 saturated carbocycles. The van der Waals surface area contributed by atoms with Crippen LogP contribution in [0.2, 0.25) is 0 Å². The number of carbonyl (C=O) groups excluding carboxylic acids is 3. The van der Waals surface area contributed by atoms with E-state index in [-0.39, 0.29) is 23.9 Å². The number of imide groups is 1. The Bertz CT molecular complexity index is 2150. The third-order valence-corrected chi connectivity index (χ3v) is 10.2. The molecule has 12 heteroatoms. The fourth-order valence-electron chi connectivity index (χ4n) is 7.51. The molecule has 1 atom stereocenters. The fraction of sp³-hybridized carbons (Fsp3) is 0.324. The Morgan fingerprint density at radius 1 is 0.898 bits per heavy atom. The fourth-order valence-corrected chi connectivity index (χ4v) is 7.51. The Balaban J connectivity index is 0.906. The lowest BCUT2D eigenvalue weighted by Gasteiger charge is -2.36. The maximum absolute atomic E-state index is 13.3. The van der Waals surface area contributed by atoms with Crippen LogP contribution in [0.25, 0.3) is 33.5 Å².